The van der Waals surface area contributed by atoms with E-state index in [0.29, 0.717) is 22.9 Å². The van der Waals surface area contributed by atoms with Crippen LogP contribution >= 0.6 is 35.0 Å². The maximum Gasteiger partial charge on any atom is 0.352 e. The van der Waals surface area contributed by atoms with Gasteiger partial charge in [0.2, 0.25) is 11.8 Å². The van der Waals surface area contributed by atoms with Gasteiger partial charge in [0, 0.05) is 30.8 Å². The first-order chi connectivity index (χ1) is 15.7. The van der Waals surface area contributed by atoms with Crippen LogP contribution in [0.2, 0.25) is 10.0 Å². The average Bonchev–Trinajstić information content (AvgIpc) is 3.25. The van der Waals surface area contributed by atoms with Crippen molar-refractivity contribution in [2.24, 2.45) is 0 Å². The highest BCUT2D eigenvalue weighted by molar-refractivity contribution is 7.99. The van der Waals surface area contributed by atoms with Crippen molar-refractivity contribution in [3.8, 4) is 0 Å². The lowest BCUT2D eigenvalue weighted by molar-refractivity contribution is -0.137. The predicted molar refractivity (Wildman–Crippen MR) is 126 cm³/mol. The second-order valence-corrected chi connectivity index (χ2v) is 8.73. The molecule has 1 saturated heterocycles. The Balaban J connectivity index is 1.72. The number of amides is 3. The van der Waals surface area contributed by atoms with Crippen molar-refractivity contribution in [2.45, 2.75) is 13.0 Å². The molecular weight excluding hydrogens is 491 g/mol. The molecule has 0 spiro atoms. The third-order valence-electron chi connectivity index (χ3n) is 4.64. The molecule has 33 heavy (non-hydrogen) atoms. The molecule has 1 fully saturated rings. The van der Waals surface area contributed by atoms with Crippen molar-refractivity contribution in [2.75, 3.05) is 16.9 Å². The Bertz CT molecular complexity index is 1120. The second kappa shape index (κ2) is 10.7. The molecule has 0 bridgehead atoms. The highest BCUT2D eigenvalue weighted by Gasteiger charge is 2.33. The summed E-state index contributed by atoms with van der Waals surface area (Å²) in [6.07, 6.45) is 3.89. The number of anilines is 1. The molecule has 9 nitrogen and oxygen atoms in total. The molecule has 1 aromatic heterocycles. The van der Waals surface area contributed by atoms with Gasteiger partial charge in [0.25, 0.3) is 5.91 Å². The first kappa shape index (κ1) is 24.6. The molecule has 0 saturated carbocycles. The molecule has 12 heteroatoms. The van der Waals surface area contributed by atoms with Gasteiger partial charge in [-0.3, -0.25) is 19.4 Å². The standard InChI is InChI=1S/C21H18Cl2N4O5S/c1-11(28)27-10-33-9-17(27)19(29)26-16(21(31)32)6-12-2-4-13(5-3-12)25-20(30)18-14(22)7-24-8-15(18)23/h2-8,17H,9-10H2,1H3,(H,25,30)(H,26,29)(H,31,32)/b16-6+/t17-/m1/s1. The molecule has 1 aliphatic rings. The molecule has 1 aromatic carbocycles. The number of aromatic nitrogens is 1. The largest absolute Gasteiger partial charge is 0.477 e. The second-order valence-electron chi connectivity index (χ2n) is 6.91. The van der Waals surface area contributed by atoms with E-state index in [1.54, 1.807) is 24.3 Å². The number of rotatable bonds is 6. The Morgan fingerprint density at radius 3 is 2.36 bits per heavy atom. The molecule has 1 aliphatic heterocycles. The number of nitrogens with zero attached hydrogens (tertiary/aromatic N) is 2. The van der Waals surface area contributed by atoms with Crippen LogP contribution in [0.4, 0.5) is 5.69 Å². The Hall–Kier alpha value is -3.08. The highest BCUT2D eigenvalue weighted by Crippen LogP contribution is 2.24. The summed E-state index contributed by atoms with van der Waals surface area (Å²) >= 11 is 13.4. The van der Waals surface area contributed by atoms with E-state index in [9.17, 15) is 24.3 Å². The molecule has 172 valence electrons. The number of halogens is 2. The van der Waals surface area contributed by atoms with E-state index in [1.165, 1.54) is 42.1 Å². The molecule has 0 aliphatic carbocycles. The number of carbonyl (C=O) groups is 4. The first-order valence-electron chi connectivity index (χ1n) is 9.48. The Kier molecular flexibility index (Phi) is 7.96. The Morgan fingerprint density at radius 2 is 1.79 bits per heavy atom. The van der Waals surface area contributed by atoms with Crippen molar-refractivity contribution in [1.82, 2.24) is 15.2 Å². The summed E-state index contributed by atoms with van der Waals surface area (Å²) in [5, 5.41) is 14.7. The van der Waals surface area contributed by atoms with E-state index in [0.717, 1.165) is 0 Å². The zero-order valence-corrected chi connectivity index (χ0v) is 19.5. The van der Waals surface area contributed by atoms with E-state index < -0.39 is 23.8 Å². The van der Waals surface area contributed by atoms with Gasteiger partial charge in [0.05, 0.1) is 21.5 Å². The minimum Gasteiger partial charge on any atom is -0.477 e. The third kappa shape index (κ3) is 6.04. The summed E-state index contributed by atoms with van der Waals surface area (Å²) in [5.41, 5.74) is 0.627. The molecule has 3 rings (SSSR count). The van der Waals surface area contributed by atoms with E-state index in [4.69, 9.17) is 23.2 Å². The van der Waals surface area contributed by atoms with Gasteiger partial charge in [-0.15, -0.1) is 11.8 Å². The summed E-state index contributed by atoms with van der Waals surface area (Å²) in [6.45, 7) is 1.36. The smallest absolute Gasteiger partial charge is 0.352 e. The fourth-order valence-electron chi connectivity index (χ4n) is 2.99. The minimum absolute atomic E-state index is 0.0814. The minimum atomic E-state index is -1.33. The zero-order valence-electron chi connectivity index (χ0n) is 17.2. The number of thioether (sulfide) groups is 1. The maximum atomic E-state index is 12.5. The number of hydrogen-bond acceptors (Lipinski definition) is 6. The number of pyridine rings is 1. The van der Waals surface area contributed by atoms with Crippen LogP contribution in [0.5, 0.6) is 0 Å². The number of carboxylic acid groups (broad SMARTS) is 1. The molecule has 3 amide bonds. The van der Waals surface area contributed by atoms with Crippen molar-refractivity contribution < 1.29 is 24.3 Å². The number of carbonyl (C=O) groups excluding carboxylic acids is 3. The number of benzene rings is 1. The lowest BCUT2D eigenvalue weighted by Gasteiger charge is -2.21. The maximum absolute atomic E-state index is 12.5. The fourth-order valence-corrected chi connectivity index (χ4v) is 4.74. The lowest BCUT2D eigenvalue weighted by atomic mass is 10.1. The number of nitrogens with one attached hydrogen (secondary N) is 2. The molecule has 2 aromatic rings. The third-order valence-corrected chi connectivity index (χ3v) is 6.22. The molecular formula is C21H18Cl2N4O5S. The van der Waals surface area contributed by atoms with Crippen molar-refractivity contribution in [1.29, 1.82) is 0 Å². The summed E-state index contributed by atoms with van der Waals surface area (Å²) in [6, 6.07) is 5.50. The van der Waals surface area contributed by atoms with Gasteiger partial charge in [-0.2, -0.15) is 0 Å². The summed E-state index contributed by atoms with van der Waals surface area (Å²) in [5.74, 6) is -1.92. The van der Waals surface area contributed by atoms with Crippen LogP contribution in [0, 0.1) is 0 Å². The van der Waals surface area contributed by atoms with E-state index in [1.807, 2.05) is 0 Å². The zero-order chi connectivity index (χ0) is 24.1. The SMILES string of the molecule is CC(=O)N1CSC[C@@H]1C(=O)N/C(=C/c1ccc(NC(=O)c2c(Cl)cncc2Cl)cc1)C(=O)O. The van der Waals surface area contributed by atoms with Gasteiger partial charge >= 0.3 is 5.97 Å². The van der Waals surface area contributed by atoms with Gasteiger partial charge < -0.3 is 20.6 Å². The van der Waals surface area contributed by atoms with Gasteiger partial charge in [0.15, 0.2) is 0 Å². The fraction of sp³-hybridized carbons (Fsp3) is 0.190. The summed E-state index contributed by atoms with van der Waals surface area (Å²) < 4.78 is 0. The van der Waals surface area contributed by atoms with E-state index >= 15 is 0 Å². The van der Waals surface area contributed by atoms with E-state index in [-0.39, 0.29) is 27.2 Å². The van der Waals surface area contributed by atoms with Crippen LogP contribution in [-0.4, -0.2) is 56.4 Å². The predicted octanol–water partition coefficient (Wildman–Crippen LogP) is 3.10. The Labute approximate surface area is 203 Å². The molecule has 1 atom stereocenters. The number of aliphatic carboxylic acids is 1. The van der Waals surface area contributed by atoms with Crippen LogP contribution in [-0.2, 0) is 14.4 Å². The molecule has 2 heterocycles. The molecule has 3 N–H and O–H groups in total. The van der Waals surface area contributed by atoms with Crippen LogP contribution in [0.3, 0.4) is 0 Å². The number of carboxylic acids is 1. The lowest BCUT2D eigenvalue weighted by Crippen LogP contribution is -2.46. The van der Waals surface area contributed by atoms with E-state index in [2.05, 4.69) is 15.6 Å². The topological polar surface area (TPSA) is 129 Å². The van der Waals surface area contributed by atoms with Crippen LogP contribution in [0.1, 0.15) is 22.8 Å². The monoisotopic (exact) mass is 508 g/mol. The van der Waals surface area contributed by atoms with Gasteiger partial charge in [-0.05, 0) is 23.8 Å². The van der Waals surface area contributed by atoms with Crippen molar-refractivity contribution >= 4 is 70.4 Å². The van der Waals surface area contributed by atoms with Gasteiger partial charge in [0.1, 0.15) is 11.7 Å². The highest BCUT2D eigenvalue weighted by atomic mass is 35.5. The average molecular weight is 509 g/mol. The Morgan fingerprint density at radius 1 is 1.15 bits per heavy atom. The van der Waals surface area contributed by atoms with Crippen LogP contribution in [0.25, 0.3) is 6.08 Å². The van der Waals surface area contributed by atoms with Gasteiger partial charge in [-0.25, -0.2) is 4.79 Å². The van der Waals surface area contributed by atoms with Crippen molar-refractivity contribution in [3.63, 3.8) is 0 Å². The normalized spacial score (nSPS) is 15.8. The molecule has 0 unspecified atom stereocenters. The quantitative estimate of drug-likeness (QED) is 0.511. The summed E-state index contributed by atoms with van der Waals surface area (Å²) in [7, 11) is 0. The number of hydrogen-bond donors (Lipinski definition) is 3. The summed E-state index contributed by atoms with van der Waals surface area (Å²) in [4.78, 5) is 53.5. The van der Waals surface area contributed by atoms with Crippen LogP contribution < -0.4 is 10.6 Å². The van der Waals surface area contributed by atoms with Crippen LogP contribution in [0.15, 0.2) is 42.4 Å². The van der Waals surface area contributed by atoms with Crippen molar-refractivity contribution in [3.05, 3.63) is 63.5 Å². The molecule has 0 radical (unpaired) electrons. The van der Waals surface area contributed by atoms with Gasteiger partial charge in [-0.1, -0.05) is 35.3 Å². The first-order valence-corrected chi connectivity index (χ1v) is 11.4.